The molecular formula is C12H14N2O5. The van der Waals surface area contributed by atoms with Crippen LogP contribution in [0.15, 0.2) is 18.2 Å². The number of ether oxygens (including phenoxy) is 1. The summed E-state index contributed by atoms with van der Waals surface area (Å²) in [6, 6.07) is 4.58. The van der Waals surface area contributed by atoms with E-state index in [4.69, 9.17) is 9.84 Å². The molecule has 0 saturated carbocycles. The Balaban J connectivity index is 2.17. The molecular weight excluding hydrogens is 252 g/mol. The molecule has 2 rings (SSSR count). The van der Waals surface area contributed by atoms with Crippen LogP contribution in [0.1, 0.15) is 6.92 Å². The summed E-state index contributed by atoms with van der Waals surface area (Å²) in [6.45, 7) is 2.92. The van der Waals surface area contributed by atoms with Gasteiger partial charge < -0.3 is 14.7 Å². The molecule has 19 heavy (non-hydrogen) atoms. The van der Waals surface area contributed by atoms with Gasteiger partial charge in [0.1, 0.15) is 0 Å². The van der Waals surface area contributed by atoms with E-state index in [9.17, 15) is 14.9 Å². The number of carboxylic acids is 1. The number of carbonyl (C=O) groups is 1. The van der Waals surface area contributed by atoms with E-state index >= 15 is 0 Å². The zero-order valence-electron chi connectivity index (χ0n) is 10.4. The molecule has 1 aliphatic heterocycles. The van der Waals surface area contributed by atoms with Crippen LogP contribution >= 0.6 is 0 Å². The van der Waals surface area contributed by atoms with Gasteiger partial charge in [-0.3, -0.25) is 14.9 Å². The van der Waals surface area contributed by atoms with Crippen molar-refractivity contribution in [2.45, 2.75) is 6.92 Å². The molecule has 0 amide bonds. The molecule has 1 N–H and O–H groups in total. The minimum atomic E-state index is -0.816. The van der Waals surface area contributed by atoms with Crippen molar-refractivity contribution in [3.8, 4) is 5.75 Å². The maximum atomic E-state index is 10.8. The van der Waals surface area contributed by atoms with Gasteiger partial charge in [0, 0.05) is 30.9 Å². The second-order valence-corrected chi connectivity index (χ2v) is 4.28. The second kappa shape index (κ2) is 5.13. The molecule has 7 nitrogen and oxygen atoms in total. The average Bonchev–Trinajstić information content (AvgIpc) is 2.26. The van der Waals surface area contributed by atoms with E-state index in [1.54, 1.807) is 19.1 Å². The molecule has 102 valence electrons. The van der Waals surface area contributed by atoms with Gasteiger partial charge >= 0.3 is 11.7 Å². The van der Waals surface area contributed by atoms with Crippen LogP contribution in [-0.4, -0.2) is 35.7 Å². The highest BCUT2D eigenvalue weighted by Gasteiger charge is 2.33. The second-order valence-electron chi connectivity index (χ2n) is 4.28. The van der Waals surface area contributed by atoms with E-state index in [1.807, 2.05) is 4.90 Å². The van der Waals surface area contributed by atoms with E-state index in [0.717, 1.165) is 5.69 Å². The van der Waals surface area contributed by atoms with Crippen LogP contribution in [0.2, 0.25) is 0 Å². The first-order valence-electron chi connectivity index (χ1n) is 5.92. The summed E-state index contributed by atoms with van der Waals surface area (Å²) < 4.78 is 5.25. The Morgan fingerprint density at radius 3 is 2.79 bits per heavy atom. The summed E-state index contributed by atoms with van der Waals surface area (Å²) in [5, 5.41) is 19.6. The van der Waals surface area contributed by atoms with Gasteiger partial charge in [0.05, 0.1) is 17.4 Å². The van der Waals surface area contributed by atoms with Crippen LogP contribution in [0.3, 0.4) is 0 Å². The predicted octanol–water partition coefficient (Wildman–Crippen LogP) is 1.51. The van der Waals surface area contributed by atoms with E-state index in [1.165, 1.54) is 6.07 Å². The van der Waals surface area contributed by atoms with Crippen LogP contribution in [0.25, 0.3) is 0 Å². The Bertz CT molecular complexity index is 511. The molecule has 0 spiro atoms. The summed E-state index contributed by atoms with van der Waals surface area (Å²) in [4.78, 5) is 22.9. The molecule has 0 bridgehead atoms. The Kier molecular flexibility index (Phi) is 3.55. The van der Waals surface area contributed by atoms with Crippen LogP contribution in [0, 0.1) is 16.0 Å². The SMILES string of the molecule is CCOc1cc(N2CC(C(=O)O)C2)ccc1[N+](=O)[O-]. The Morgan fingerprint density at radius 2 is 2.26 bits per heavy atom. The monoisotopic (exact) mass is 266 g/mol. The maximum Gasteiger partial charge on any atom is 0.311 e. The summed E-state index contributed by atoms with van der Waals surface area (Å²) in [5.41, 5.74) is 0.660. The molecule has 1 aromatic carbocycles. The van der Waals surface area contributed by atoms with Crippen LogP contribution in [-0.2, 0) is 4.79 Å². The lowest BCUT2D eigenvalue weighted by Crippen LogP contribution is -2.50. The molecule has 0 atom stereocenters. The summed E-state index contributed by atoms with van der Waals surface area (Å²) in [5.74, 6) is -0.974. The molecule has 1 aromatic rings. The number of nitro benzene ring substituents is 1. The first kappa shape index (κ1) is 13.1. The molecule has 0 aliphatic carbocycles. The quantitative estimate of drug-likeness (QED) is 0.641. The zero-order valence-corrected chi connectivity index (χ0v) is 10.4. The molecule has 1 aliphatic rings. The van der Waals surface area contributed by atoms with Crippen molar-refractivity contribution in [1.29, 1.82) is 0 Å². The van der Waals surface area contributed by atoms with E-state index < -0.39 is 10.9 Å². The van der Waals surface area contributed by atoms with E-state index in [0.29, 0.717) is 19.7 Å². The number of hydrogen-bond acceptors (Lipinski definition) is 5. The zero-order chi connectivity index (χ0) is 14.0. The van der Waals surface area contributed by atoms with Crippen molar-refractivity contribution >= 4 is 17.3 Å². The highest BCUT2D eigenvalue weighted by Crippen LogP contribution is 2.34. The van der Waals surface area contributed by atoms with E-state index in [2.05, 4.69) is 0 Å². The van der Waals surface area contributed by atoms with Crippen molar-refractivity contribution < 1.29 is 19.6 Å². The number of nitro groups is 1. The van der Waals surface area contributed by atoms with Gasteiger partial charge in [-0.25, -0.2) is 0 Å². The Hall–Kier alpha value is -2.31. The van der Waals surface area contributed by atoms with E-state index in [-0.39, 0.29) is 17.4 Å². The standard InChI is InChI=1S/C12H14N2O5/c1-2-19-11-5-9(3-4-10(11)14(17)18)13-6-8(7-13)12(15)16/h3-5,8H,2,6-7H2,1H3,(H,15,16). The molecule has 0 aromatic heterocycles. The first-order valence-corrected chi connectivity index (χ1v) is 5.92. The number of aliphatic carboxylic acids is 1. The van der Waals surface area contributed by atoms with Crippen molar-refractivity contribution in [3.05, 3.63) is 28.3 Å². The van der Waals surface area contributed by atoms with Crippen LogP contribution in [0.5, 0.6) is 5.75 Å². The van der Waals surface area contributed by atoms with Gasteiger partial charge in [-0.2, -0.15) is 0 Å². The van der Waals surface area contributed by atoms with Gasteiger partial charge in [0.15, 0.2) is 5.75 Å². The van der Waals surface area contributed by atoms with Crippen LogP contribution < -0.4 is 9.64 Å². The molecule has 1 fully saturated rings. The molecule has 1 heterocycles. The smallest absolute Gasteiger partial charge is 0.311 e. The highest BCUT2D eigenvalue weighted by atomic mass is 16.6. The fourth-order valence-electron chi connectivity index (χ4n) is 1.97. The minimum Gasteiger partial charge on any atom is -0.487 e. The lowest BCUT2D eigenvalue weighted by Gasteiger charge is -2.38. The first-order chi connectivity index (χ1) is 9.02. The van der Waals surface area contributed by atoms with Gasteiger partial charge in [-0.1, -0.05) is 0 Å². The molecule has 0 unspecified atom stereocenters. The third-order valence-electron chi connectivity index (χ3n) is 3.04. The summed E-state index contributed by atoms with van der Waals surface area (Å²) in [7, 11) is 0. The van der Waals surface area contributed by atoms with Gasteiger partial charge in [0.25, 0.3) is 0 Å². The average molecular weight is 266 g/mol. The number of anilines is 1. The topological polar surface area (TPSA) is 92.9 Å². The van der Waals surface area contributed by atoms with Gasteiger partial charge in [-0.15, -0.1) is 0 Å². The van der Waals surface area contributed by atoms with Gasteiger partial charge in [-0.05, 0) is 13.0 Å². The fraction of sp³-hybridized carbons (Fsp3) is 0.417. The largest absolute Gasteiger partial charge is 0.487 e. The maximum absolute atomic E-state index is 10.8. The number of rotatable bonds is 5. The highest BCUT2D eigenvalue weighted by molar-refractivity contribution is 5.75. The molecule has 7 heteroatoms. The van der Waals surface area contributed by atoms with Gasteiger partial charge in [0.2, 0.25) is 0 Å². The fourth-order valence-corrected chi connectivity index (χ4v) is 1.97. The lowest BCUT2D eigenvalue weighted by molar-refractivity contribution is -0.385. The van der Waals surface area contributed by atoms with Crippen molar-refractivity contribution in [2.75, 3.05) is 24.6 Å². The molecule has 0 radical (unpaired) electrons. The Labute approximate surface area is 109 Å². The number of benzene rings is 1. The van der Waals surface area contributed by atoms with Crippen molar-refractivity contribution in [2.24, 2.45) is 5.92 Å². The number of carboxylic acid groups (broad SMARTS) is 1. The normalized spacial score (nSPS) is 14.9. The minimum absolute atomic E-state index is 0.0825. The molecule has 1 saturated heterocycles. The number of nitrogens with zero attached hydrogens (tertiary/aromatic N) is 2. The number of hydrogen-bond donors (Lipinski definition) is 1. The van der Waals surface area contributed by atoms with Crippen molar-refractivity contribution in [3.63, 3.8) is 0 Å². The van der Waals surface area contributed by atoms with Crippen LogP contribution in [0.4, 0.5) is 11.4 Å². The Morgan fingerprint density at radius 1 is 1.58 bits per heavy atom. The predicted molar refractivity (Wildman–Crippen MR) is 67.6 cm³/mol. The summed E-state index contributed by atoms with van der Waals surface area (Å²) >= 11 is 0. The van der Waals surface area contributed by atoms with Crippen molar-refractivity contribution in [1.82, 2.24) is 0 Å². The third kappa shape index (κ3) is 2.59. The summed E-state index contributed by atoms with van der Waals surface area (Å²) in [6.07, 6.45) is 0. The lowest BCUT2D eigenvalue weighted by atomic mass is 9.99. The third-order valence-corrected chi connectivity index (χ3v) is 3.04.